The predicted molar refractivity (Wildman–Crippen MR) is 74.8 cm³/mol. The summed E-state index contributed by atoms with van der Waals surface area (Å²) in [7, 11) is 0. The van der Waals surface area contributed by atoms with Gasteiger partial charge in [0.25, 0.3) is 0 Å². The van der Waals surface area contributed by atoms with Crippen molar-refractivity contribution in [3.05, 3.63) is 22.2 Å². The van der Waals surface area contributed by atoms with E-state index in [0.717, 1.165) is 6.33 Å². The number of carbonyl (C=O) groups excluding carboxylic acids is 2. The topological polar surface area (TPSA) is 81.2 Å². The SMILES string of the molecule is CC(C)(C)OC(=O)NC(C)(C=O)c1c(Cl)ncnc1Cl. The molecule has 20 heavy (non-hydrogen) atoms. The molecule has 0 aliphatic carbocycles. The number of rotatable bonds is 3. The maximum absolute atomic E-state index is 11.8. The Bertz CT molecular complexity index is 511. The summed E-state index contributed by atoms with van der Waals surface area (Å²) in [6.07, 6.45) is 0.878. The quantitative estimate of drug-likeness (QED) is 0.684. The highest BCUT2D eigenvalue weighted by atomic mass is 35.5. The lowest BCUT2D eigenvalue weighted by molar-refractivity contribution is -0.113. The van der Waals surface area contributed by atoms with Crippen LogP contribution in [-0.2, 0) is 15.1 Å². The first-order valence-corrected chi connectivity index (χ1v) is 6.48. The molecule has 1 aromatic rings. The van der Waals surface area contributed by atoms with Crippen molar-refractivity contribution in [1.29, 1.82) is 0 Å². The predicted octanol–water partition coefficient (Wildman–Crippen LogP) is 2.72. The van der Waals surface area contributed by atoms with Crippen LogP contribution < -0.4 is 5.32 Å². The fourth-order valence-electron chi connectivity index (χ4n) is 1.44. The number of nitrogens with zero attached hydrogens (tertiary/aromatic N) is 2. The van der Waals surface area contributed by atoms with Gasteiger partial charge in [-0.3, -0.25) is 0 Å². The molecule has 1 rings (SSSR count). The minimum atomic E-state index is -1.49. The third-order valence-corrected chi connectivity index (χ3v) is 2.84. The van der Waals surface area contributed by atoms with Crippen molar-refractivity contribution in [2.75, 3.05) is 0 Å². The molecule has 0 aliphatic rings. The smallest absolute Gasteiger partial charge is 0.408 e. The Kier molecular flexibility index (Phi) is 4.94. The minimum Gasteiger partial charge on any atom is -0.444 e. The first-order chi connectivity index (χ1) is 9.09. The zero-order valence-corrected chi connectivity index (χ0v) is 13.0. The van der Waals surface area contributed by atoms with Crippen LogP contribution in [0.5, 0.6) is 0 Å². The largest absolute Gasteiger partial charge is 0.444 e. The molecule has 0 bridgehead atoms. The highest BCUT2D eigenvalue weighted by molar-refractivity contribution is 6.35. The van der Waals surface area contributed by atoms with Crippen LogP contribution in [0.25, 0.3) is 0 Å². The Balaban J connectivity index is 3.10. The summed E-state index contributed by atoms with van der Waals surface area (Å²) in [6.45, 7) is 6.55. The molecule has 0 aromatic carbocycles. The van der Waals surface area contributed by atoms with Crippen molar-refractivity contribution in [1.82, 2.24) is 15.3 Å². The van der Waals surface area contributed by atoms with E-state index in [9.17, 15) is 9.59 Å². The van der Waals surface area contributed by atoms with Crippen molar-refractivity contribution in [3.63, 3.8) is 0 Å². The van der Waals surface area contributed by atoms with Crippen LogP contribution in [0.1, 0.15) is 33.3 Å². The molecule has 110 valence electrons. The molecule has 0 saturated heterocycles. The second kappa shape index (κ2) is 5.93. The van der Waals surface area contributed by atoms with E-state index in [1.807, 2.05) is 0 Å². The molecule has 8 heteroatoms. The molecule has 1 amide bonds. The van der Waals surface area contributed by atoms with Crippen LogP contribution in [0.3, 0.4) is 0 Å². The Morgan fingerprint density at radius 3 is 2.15 bits per heavy atom. The van der Waals surface area contributed by atoms with E-state index in [1.54, 1.807) is 20.8 Å². The fourth-order valence-corrected chi connectivity index (χ4v) is 2.15. The van der Waals surface area contributed by atoms with Gasteiger partial charge in [0.15, 0.2) is 0 Å². The summed E-state index contributed by atoms with van der Waals surface area (Å²) in [4.78, 5) is 30.7. The van der Waals surface area contributed by atoms with Gasteiger partial charge in [0, 0.05) is 0 Å². The van der Waals surface area contributed by atoms with Crippen LogP contribution >= 0.6 is 23.2 Å². The monoisotopic (exact) mass is 319 g/mol. The Morgan fingerprint density at radius 1 is 1.25 bits per heavy atom. The summed E-state index contributed by atoms with van der Waals surface area (Å²) in [5.41, 5.74) is -2.07. The molecule has 1 atom stereocenters. The molecule has 0 fully saturated rings. The van der Waals surface area contributed by atoms with Gasteiger partial charge in [-0.1, -0.05) is 23.2 Å². The van der Waals surface area contributed by atoms with Crippen LogP contribution in [0, 0.1) is 0 Å². The van der Waals surface area contributed by atoms with Crippen molar-refractivity contribution in [3.8, 4) is 0 Å². The zero-order valence-electron chi connectivity index (χ0n) is 11.5. The Labute approximate surface area is 126 Å². The number of carbonyl (C=O) groups is 2. The van der Waals surface area contributed by atoms with E-state index in [4.69, 9.17) is 27.9 Å². The van der Waals surface area contributed by atoms with E-state index in [-0.39, 0.29) is 15.9 Å². The average Bonchev–Trinajstić information content (AvgIpc) is 2.25. The van der Waals surface area contributed by atoms with Gasteiger partial charge in [0.1, 0.15) is 34.1 Å². The summed E-state index contributed by atoms with van der Waals surface area (Å²) in [5.74, 6) is 0. The number of aldehydes is 1. The standard InChI is InChI=1S/C12H15Cl2N3O3/c1-11(2,3)20-10(19)17-12(4,5-18)7-8(13)15-6-16-9(7)14/h5-6H,1-4H3,(H,17,19). The maximum atomic E-state index is 11.8. The van der Waals surface area contributed by atoms with Crippen LogP contribution in [0.15, 0.2) is 6.33 Å². The molecule has 0 aliphatic heterocycles. The molecule has 6 nitrogen and oxygen atoms in total. The van der Waals surface area contributed by atoms with E-state index >= 15 is 0 Å². The molecular weight excluding hydrogens is 305 g/mol. The molecule has 0 radical (unpaired) electrons. The van der Waals surface area contributed by atoms with Crippen LogP contribution in [0.4, 0.5) is 4.79 Å². The third kappa shape index (κ3) is 4.05. The second-order valence-corrected chi connectivity index (χ2v) is 5.99. The number of hydrogen-bond acceptors (Lipinski definition) is 5. The molecule has 1 unspecified atom stereocenters. The Morgan fingerprint density at radius 2 is 1.75 bits per heavy atom. The Hall–Kier alpha value is -1.40. The average molecular weight is 320 g/mol. The van der Waals surface area contributed by atoms with Crippen molar-refractivity contribution in [2.24, 2.45) is 0 Å². The van der Waals surface area contributed by atoms with Gasteiger partial charge in [-0.25, -0.2) is 14.8 Å². The van der Waals surface area contributed by atoms with Crippen molar-refractivity contribution < 1.29 is 14.3 Å². The highest BCUT2D eigenvalue weighted by Gasteiger charge is 2.35. The summed E-state index contributed by atoms with van der Waals surface area (Å²) in [6, 6.07) is 0. The van der Waals surface area contributed by atoms with E-state index < -0.39 is 17.2 Å². The van der Waals surface area contributed by atoms with E-state index in [2.05, 4.69) is 15.3 Å². The van der Waals surface area contributed by atoms with Gasteiger partial charge >= 0.3 is 6.09 Å². The third-order valence-electron chi connectivity index (χ3n) is 2.27. The highest BCUT2D eigenvalue weighted by Crippen LogP contribution is 2.30. The molecular formula is C12H15Cl2N3O3. The van der Waals surface area contributed by atoms with Gasteiger partial charge in [0.05, 0.1) is 5.56 Å². The second-order valence-electron chi connectivity index (χ2n) is 5.28. The summed E-state index contributed by atoms with van der Waals surface area (Å²) < 4.78 is 5.10. The first kappa shape index (κ1) is 16.7. The number of alkyl carbamates (subject to hydrolysis) is 1. The minimum absolute atomic E-state index is 0.0179. The van der Waals surface area contributed by atoms with Crippen molar-refractivity contribution in [2.45, 2.75) is 38.8 Å². The molecule has 1 heterocycles. The summed E-state index contributed by atoms with van der Waals surface area (Å²) >= 11 is 11.8. The first-order valence-electron chi connectivity index (χ1n) is 5.73. The molecule has 0 spiro atoms. The number of ether oxygens (including phenoxy) is 1. The van der Waals surface area contributed by atoms with E-state index in [1.165, 1.54) is 6.92 Å². The number of amides is 1. The molecule has 1 aromatic heterocycles. The summed E-state index contributed by atoms with van der Waals surface area (Å²) in [5, 5.41) is 2.38. The van der Waals surface area contributed by atoms with Gasteiger partial charge in [-0.15, -0.1) is 0 Å². The number of hydrogen-bond donors (Lipinski definition) is 1. The van der Waals surface area contributed by atoms with Crippen LogP contribution in [-0.4, -0.2) is 27.9 Å². The lowest BCUT2D eigenvalue weighted by Gasteiger charge is -2.28. The lowest BCUT2D eigenvalue weighted by atomic mass is 9.96. The van der Waals surface area contributed by atoms with Gasteiger partial charge < -0.3 is 14.8 Å². The molecule has 1 N–H and O–H groups in total. The van der Waals surface area contributed by atoms with Crippen molar-refractivity contribution >= 4 is 35.6 Å². The number of nitrogens with one attached hydrogen (secondary N) is 1. The zero-order chi connectivity index (χ0) is 15.6. The van der Waals surface area contributed by atoms with Gasteiger partial charge in [-0.05, 0) is 27.7 Å². The van der Waals surface area contributed by atoms with Gasteiger partial charge in [0.2, 0.25) is 0 Å². The number of aromatic nitrogens is 2. The van der Waals surface area contributed by atoms with E-state index in [0.29, 0.717) is 6.29 Å². The normalized spacial score (nSPS) is 14.3. The van der Waals surface area contributed by atoms with Gasteiger partial charge in [-0.2, -0.15) is 0 Å². The molecule has 0 saturated carbocycles. The number of halogens is 2. The van der Waals surface area contributed by atoms with Crippen LogP contribution in [0.2, 0.25) is 10.3 Å². The fraction of sp³-hybridized carbons (Fsp3) is 0.500. The lowest BCUT2D eigenvalue weighted by Crippen LogP contribution is -2.47. The maximum Gasteiger partial charge on any atom is 0.408 e.